The first kappa shape index (κ1) is 14.1. The van der Waals surface area contributed by atoms with Crippen LogP contribution in [0.2, 0.25) is 5.02 Å². The van der Waals surface area contributed by atoms with Crippen LogP contribution in [0.4, 0.5) is 5.69 Å². The van der Waals surface area contributed by atoms with Crippen LogP contribution in [0, 0.1) is 27.7 Å². The molecule has 2 rings (SSSR count). The van der Waals surface area contributed by atoms with Gasteiger partial charge in [0.15, 0.2) is 0 Å². The van der Waals surface area contributed by atoms with Gasteiger partial charge in [-0.2, -0.15) is 0 Å². The van der Waals surface area contributed by atoms with Gasteiger partial charge in [-0.3, -0.25) is 4.79 Å². The highest BCUT2D eigenvalue weighted by Gasteiger charge is 2.15. The predicted octanol–water partition coefficient (Wildman–Crippen LogP) is 4.89. The Hall–Kier alpha value is -1.32. The van der Waals surface area contributed by atoms with Crippen molar-refractivity contribution >= 4 is 34.5 Å². The Morgan fingerprint density at radius 1 is 1.21 bits per heavy atom. The van der Waals surface area contributed by atoms with Crippen molar-refractivity contribution in [2.45, 2.75) is 27.7 Å². The predicted molar refractivity (Wildman–Crippen MR) is 82.7 cm³/mol. The number of carbonyl (C=O) groups excluding carboxylic acids is 1. The number of aryl methyl sites for hydroxylation is 3. The number of carbonyl (C=O) groups is 1. The molecule has 4 heteroatoms. The van der Waals surface area contributed by atoms with E-state index in [-0.39, 0.29) is 5.91 Å². The molecule has 0 radical (unpaired) electrons. The first-order valence-electron chi connectivity index (χ1n) is 6.03. The topological polar surface area (TPSA) is 29.1 Å². The first-order valence-corrected chi connectivity index (χ1v) is 7.28. The van der Waals surface area contributed by atoms with Crippen molar-refractivity contribution in [3.8, 4) is 0 Å². The second-order valence-corrected chi connectivity index (χ2v) is 6.21. The number of nitrogens with one attached hydrogen (secondary N) is 1. The van der Waals surface area contributed by atoms with Crippen molar-refractivity contribution in [3.05, 3.63) is 49.7 Å². The summed E-state index contributed by atoms with van der Waals surface area (Å²) in [6.07, 6.45) is 0. The second-order valence-electron chi connectivity index (χ2n) is 4.72. The van der Waals surface area contributed by atoms with E-state index in [9.17, 15) is 4.79 Å². The minimum atomic E-state index is -0.101. The van der Waals surface area contributed by atoms with E-state index in [0.717, 1.165) is 27.1 Å². The summed E-state index contributed by atoms with van der Waals surface area (Å²) in [4.78, 5) is 13.4. The Labute approximate surface area is 122 Å². The highest BCUT2D eigenvalue weighted by molar-refractivity contribution is 7.10. The summed E-state index contributed by atoms with van der Waals surface area (Å²) in [5, 5.41) is 5.38. The molecule has 0 saturated carbocycles. The van der Waals surface area contributed by atoms with Crippen molar-refractivity contribution in [2.24, 2.45) is 0 Å². The number of thiophene rings is 1. The van der Waals surface area contributed by atoms with E-state index in [1.165, 1.54) is 0 Å². The molecule has 0 spiro atoms. The third kappa shape index (κ3) is 2.82. The number of benzene rings is 1. The van der Waals surface area contributed by atoms with Crippen LogP contribution in [0.25, 0.3) is 0 Å². The maximum Gasteiger partial charge on any atom is 0.256 e. The van der Waals surface area contributed by atoms with Crippen molar-refractivity contribution in [2.75, 3.05) is 5.32 Å². The van der Waals surface area contributed by atoms with Crippen molar-refractivity contribution < 1.29 is 4.79 Å². The summed E-state index contributed by atoms with van der Waals surface area (Å²) in [6, 6.07) is 3.86. The lowest BCUT2D eigenvalue weighted by Gasteiger charge is -2.11. The lowest BCUT2D eigenvalue weighted by Crippen LogP contribution is -2.13. The minimum absolute atomic E-state index is 0.101. The molecule has 1 aromatic carbocycles. The molecule has 1 amide bonds. The van der Waals surface area contributed by atoms with Gasteiger partial charge in [-0.15, -0.1) is 11.3 Å². The van der Waals surface area contributed by atoms with E-state index >= 15 is 0 Å². The number of anilines is 1. The Morgan fingerprint density at radius 3 is 2.42 bits per heavy atom. The Morgan fingerprint density at radius 2 is 1.89 bits per heavy atom. The van der Waals surface area contributed by atoms with Crippen LogP contribution < -0.4 is 5.32 Å². The molecule has 1 N–H and O–H groups in total. The fraction of sp³-hybridized carbons (Fsp3) is 0.267. The molecule has 19 heavy (non-hydrogen) atoms. The molecule has 0 unspecified atom stereocenters. The molecule has 2 nitrogen and oxygen atoms in total. The molecule has 0 fully saturated rings. The molecular weight excluding hydrogens is 278 g/mol. The van der Waals surface area contributed by atoms with Crippen LogP contribution in [0.1, 0.15) is 31.9 Å². The molecule has 0 atom stereocenters. The van der Waals surface area contributed by atoms with E-state index in [2.05, 4.69) is 5.32 Å². The summed E-state index contributed by atoms with van der Waals surface area (Å²) in [5.74, 6) is -0.101. The SMILES string of the molecule is Cc1cc(C)c(NC(=O)c2csc(C)c2C)c(Cl)c1. The minimum Gasteiger partial charge on any atom is -0.320 e. The maximum atomic E-state index is 12.3. The summed E-state index contributed by atoms with van der Waals surface area (Å²) in [7, 11) is 0. The number of amides is 1. The Balaban J connectivity index is 2.32. The normalized spacial score (nSPS) is 10.6. The molecule has 0 bridgehead atoms. The molecular formula is C15H16ClNOS. The molecule has 0 saturated heterocycles. The zero-order valence-corrected chi connectivity index (χ0v) is 13.0. The zero-order valence-electron chi connectivity index (χ0n) is 11.4. The average molecular weight is 294 g/mol. The van der Waals surface area contributed by atoms with Gasteiger partial charge in [0.05, 0.1) is 16.3 Å². The average Bonchev–Trinajstić information content (AvgIpc) is 2.64. The molecule has 100 valence electrons. The third-order valence-corrected chi connectivity index (χ3v) is 4.51. The van der Waals surface area contributed by atoms with E-state index in [1.807, 2.05) is 45.2 Å². The van der Waals surface area contributed by atoms with Crippen LogP contribution in [0.5, 0.6) is 0 Å². The van der Waals surface area contributed by atoms with Gasteiger partial charge in [0.25, 0.3) is 5.91 Å². The highest BCUT2D eigenvalue weighted by Crippen LogP contribution is 2.29. The molecule has 1 heterocycles. The summed E-state index contributed by atoms with van der Waals surface area (Å²) >= 11 is 7.79. The van der Waals surface area contributed by atoms with Gasteiger partial charge in [0, 0.05) is 10.3 Å². The van der Waals surface area contributed by atoms with E-state index in [4.69, 9.17) is 11.6 Å². The molecule has 2 aromatic rings. The number of hydrogen-bond acceptors (Lipinski definition) is 2. The lowest BCUT2D eigenvalue weighted by atomic mass is 10.1. The van der Waals surface area contributed by atoms with Crippen molar-refractivity contribution in [1.82, 2.24) is 0 Å². The maximum absolute atomic E-state index is 12.3. The van der Waals surface area contributed by atoms with Gasteiger partial charge in [-0.25, -0.2) is 0 Å². The fourth-order valence-corrected chi connectivity index (χ4v) is 3.23. The third-order valence-electron chi connectivity index (χ3n) is 3.20. The summed E-state index contributed by atoms with van der Waals surface area (Å²) in [5.41, 5.74) is 4.51. The zero-order chi connectivity index (χ0) is 14.2. The van der Waals surface area contributed by atoms with Gasteiger partial charge in [-0.05, 0) is 50.5 Å². The van der Waals surface area contributed by atoms with Gasteiger partial charge in [0.1, 0.15) is 0 Å². The van der Waals surface area contributed by atoms with Crippen LogP contribution in [-0.2, 0) is 0 Å². The van der Waals surface area contributed by atoms with E-state index < -0.39 is 0 Å². The van der Waals surface area contributed by atoms with Gasteiger partial charge >= 0.3 is 0 Å². The van der Waals surface area contributed by atoms with Crippen LogP contribution >= 0.6 is 22.9 Å². The first-order chi connectivity index (χ1) is 8.90. The largest absolute Gasteiger partial charge is 0.320 e. The van der Waals surface area contributed by atoms with Crippen LogP contribution in [-0.4, -0.2) is 5.91 Å². The number of rotatable bonds is 2. The summed E-state index contributed by atoms with van der Waals surface area (Å²) < 4.78 is 0. The Bertz CT molecular complexity index is 623. The van der Waals surface area contributed by atoms with Crippen molar-refractivity contribution in [3.63, 3.8) is 0 Å². The number of halogens is 1. The van der Waals surface area contributed by atoms with Gasteiger partial charge in [-0.1, -0.05) is 17.7 Å². The second kappa shape index (κ2) is 5.35. The monoisotopic (exact) mass is 293 g/mol. The fourth-order valence-electron chi connectivity index (χ4n) is 1.99. The molecule has 0 aliphatic carbocycles. The molecule has 0 aliphatic heterocycles. The molecule has 1 aromatic heterocycles. The number of hydrogen-bond donors (Lipinski definition) is 1. The molecule has 0 aliphatic rings. The van der Waals surface area contributed by atoms with E-state index in [0.29, 0.717) is 10.7 Å². The lowest BCUT2D eigenvalue weighted by molar-refractivity contribution is 0.102. The van der Waals surface area contributed by atoms with Crippen LogP contribution in [0.3, 0.4) is 0 Å². The quantitative estimate of drug-likeness (QED) is 0.839. The smallest absolute Gasteiger partial charge is 0.256 e. The van der Waals surface area contributed by atoms with E-state index in [1.54, 1.807) is 11.3 Å². The Kier molecular flexibility index (Phi) is 3.97. The van der Waals surface area contributed by atoms with Crippen LogP contribution in [0.15, 0.2) is 17.5 Å². The summed E-state index contributed by atoms with van der Waals surface area (Å²) in [6.45, 7) is 7.91. The highest BCUT2D eigenvalue weighted by atomic mass is 35.5. The van der Waals surface area contributed by atoms with Crippen molar-refractivity contribution in [1.29, 1.82) is 0 Å². The standard InChI is InChI=1S/C15H16ClNOS/c1-8-5-9(2)14(13(16)6-8)17-15(18)12-7-19-11(4)10(12)3/h5-7H,1-4H3,(H,17,18). The van der Waals surface area contributed by atoms with Gasteiger partial charge in [0.2, 0.25) is 0 Å². The van der Waals surface area contributed by atoms with Gasteiger partial charge < -0.3 is 5.32 Å².